The molecule has 3 aromatic heterocycles. The number of rotatable bonds is 7. The van der Waals surface area contributed by atoms with Crippen LogP contribution in [-0.4, -0.2) is 36.3 Å². The molecule has 0 aliphatic carbocycles. The number of aromatic nitrogens is 5. The Morgan fingerprint density at radius 1 is 1.20 bits per heavy atom. The van der Waals surface area contributed by atoms with Crippen LogP contribution in [0.2, 0.25) is 0 Å². The number of thioether (sulfide) groups is 1. The largest absolute Gasteiger partial charge is 0.341 e. The van der Waals surface area contributed by atoms with Crippen molar-refractivity contribution in [2.45, 2.75) is 31.0 Å². The SMILES string of the molecule is CCCC(NC(=O)c1cnc(SC)n1-c1ccc(F)cc1)c1nnc2ccccn12. The summed E-state index contributed by atoms with van der Waals surface area (Å²) in [6, 6.07) is 11.3. The highest BCUT2D eigenvalue weighted by Crippen LogP contribution is 2.24. The maximum absolute atomic E-state index is 13.4. The van der Waals surface area contributed by atoms with Gasteiger partial charge < -0.3 is 5.32 Å². The molecule has 0 saturated heterocycles. The van der Waals surface area contributed by atoms with Crippen molar-refractivity contribution in [2.24, 2.45) is 0 Å². The van der Waals surface area contributed by atoms with Gasteiger partial charge in [0.15, 0.2) is 16.6 Å². The van der Waals surface area contributed by atoms with E-state index in [0.29, 0.717) is 28.8 Å². The molecule has 9 heteroatoms. The Balaban J connectivity index is 1.68. The van der Waals surface area contributed by atoms with Gasteiger partial charge in [-0.15, -0.1) is 10.2 Å². The maximum atomic E-state index is 13.4. The van der Waals surface area contributed by atoms with Crippen LogP contribution in [0.4, 0.5) is 4.39 Å². The lowest BCUT2D eigenvalue weighted by atomic mass is 10.1. The van der Waals surface area contributed by atoms with Crippen molar-refractivity contribution in [3.8, 4) is 5.69 Å². The van der Waals surface area contributed by atoms with Crippen molar-refractivity contribution in [1.29, 1.82) is 0 Å². The number of carbonyl (C=O) groups is 1. The first-order valence-electron chi connectivity index (χ1n) is 9.60. The normalized spacial score (nSPS) is 12.2. The summed E-state index contributed by atoms with van der Waals surface area (Å²) < 4.78 is 17.0. The quantitative estimate of drug-likeness (QED) is 0.453. The molecule has 1 unspecified atom stereocenters. The second-order valence-corrected chi connectivity index (χ2v) is 7.52. The molecule has 0 aliphatic heterocycles. The Morgan fingerprint density at radius 2 is 2.00 bits per heavy atom. The molecule has 0 radical (unpaired) electrons. The molecule has 4 rings (SSSR count). The zero-order chi connectivity index (χ0) is 21.1. The number of nitrogens with zero attached hydrogens (tertiary/aromatic N) is 5. The Morgan fingerprint density at radius 3 is 2.73 bits per heavy atom. The second-order valence-electron chi connectivity index (χ2n) is 6.74. The summed E-state index contributed by atoms with van der Waals surface area (Å²) in [6.45, 7) is 2.05. The van der Waals surface area contributed by atoms with Crippen molar-refractivity contribution < 1.29 is 9.18 Å². The minimum Gasteiger partial charge on any atom is -0.341 e. The number of imidazole rings is 1. The fraction of sp³-hybridized carbons (Fsp3) is 0.238. The molecule has 7 nitrogen and oxygen atoms in total. The molecular weight excluding hydrogens is 403 g/mol. The van der Waals surface area contributed by atoms with Gasteiger partial charge in [-0.2, -0.15) is 0 Å². The molecule has 3 heterocycles. The summed E-state index contributed by atoms with van der Waals surface area (Å²) in [5, 5.41) is 12.2. The monoisotopic (exact) mass is 424 g/mol. The van der Waals surface area contributed by atoms with Crippen LogP contribution >= 0.6 is 11.8 Å². The van der Waals surface area contributed by atoms with Gasteiger partial charge >= 0.3 is 0 Å². The summed E-state index contributed by atoms with van der Waals surface area (Å²) in [5.41, 5.74) is 1.77. The van der Waals surface area contributed by atoms with Crippen LogP contribution in [0.3, 0.4) is 0 Å². The molecule has 0 saturated carbocycles. The highest BCUT2D eigenvalue weighted by Gasteiger charge is 2.24. The van der Waals surface area contributed by atoms with Gasteiger partial charge in [0.2, 0.25) is 0 Å². The van der Waals surface area contributed by atoms with Crippen molar-refractivity contribution in [3.63, 3.8) is 0 Å². The average molecular weight is 425 g/mol. The first-order chi connectivity index (χ1) is 14.6. The molecule has 1 atom stereocenters. The number of carbonyl (C=O) groups excluding carboxylic acids is 1. The Labute approximate surface area is 177 Å². The van der Waals surface area contributed by atoms with Crippen LogP contribution in [0.1, 0.15) is 42.1 Å². The van der Waals surface area contributed by atoms with Crippen molar-refractivity contribution in [3.05, 3.63) is 72.2 Å². The van der Waals surface area contributed by atoms with Gasteiger partial charge in [-0.3, -0.25) is 13.8 Å². The molecule has 1 N–H and O–H groups in total. The molecule has 30 heavy (non-hydrogen) atoms. The Hall–Kier alpha value is -3.20. The van der Waals surface area contributed by atoms with E-state index in [1.807, 2.05) is 35.1 Å². The van der Waals surface area contributed by atoms with Gasteiger partial charge in [0.05, 0.1) is 12.2 Å². The third kappa shape index (κ3) is 3.80. The summed E-state index contributed by atoms with van der Waals surface area (Å²) >= 11 is 1.41. The van der Waals surface area contributed by atoms with E-state index in [9.17, 15) is 9.18 Å². The van der Waals surface area contributed by atoms with Gasteiger partial charge in [-0.1, -0.05) is 31.2 Å². The van der Waals surface area contributed by atoms with E-state index in [4.69, 9.17) is 0 Å². The Kier molecular flexibility index (Phi) is 5.80. The highest BCUT2D eigenvalue weighted by atomic mass is 32.2. The first kappa shape index (κ1) is 20.1. The number of benzene rings is 1. The van der Waals surface area contributed by atoms with E-state index in [0.717, 1.165) is 12.1 Å². The first-order valence-corrected chi connectivity index (χ1v) is 10.8. The summed E-state index contributed by atoms with van der Waals surface area (Å²) in [6.07, 6.45) is 6.87. The second kappa shape index (κ2) is 8.66. The zero-order valence-corrected chi connectivity index (χ0v) is 17.4. The highest BCUT2D eigenvalue weighted by molar-refractivity contribution is 7.98. The third-order valence-corrected chi connectivity index (χ3v) is 5.42. The molecule has 0 spiro atoms. The molecule has 0 fully saturated rings. The molecule has 154 valence electrons. The maximum Gasteiger partial charge on any atom is 0.270 e. The van der Waals surface area contributed by atoms with Gasteiger partial charge in [0, 0.05) is 11.9 Å². The molecular formula is C21H21FN6OS. The minimum absolute atomic E-state index is 0.279. The molecule has 1 amide bonds. The number of halogens is 1. The summed E-state index contributed by atoms with van der Waals surface area (Å²) in [4.78, 5) is 17.6. The van der Waals surface area contributed by atoms with Gasteiger partial charge in [-0.25, -0.2) is 9.37 Å². The summed E-state index contributed by atoms with van der Waals surface area (Å²) in [7, 11) is 0. The van der Waals surface area contributed by atoms with E-state index in [-0.39, 0.29) is 17.8 Å². The lowest BCUT2D eigenvalue weighted by Crippen LogP contribution is -2.31. The van der Waals surface area contributed by atoms with Crippen LogP contribution in [0.15, 0.2) is 60.0 Å². The number of nitrogens with one attached hydrogen (secondary N) is 1. The van der Waals surface area contributed by atoms with Crippen LogP contribution in [0, 0.1) is 5.82 Å². The molecule has 0 bridgehead atoms. The standard InChI is InChI=1S/C21H21FN6OS/c1-3-6-16(19-26-25-18-7-4-5-12-27(18)19)24-20(29)17-13-23-21(30-2)28(17)15-10-8-14(22)9-11-15/h4-5,7-13,16H,3,6H2,1-2H3,(H,24,29). The fourth-order valence-corrected chi connectivity index (χ4v) is 3.91. The number of hydrogen-bond acceptors (Lipinski definition) is 5. The predicted octanol–water partition coefficient (Wildman–Crippen LogP) is 4.05. The lowest BCUT2D eigenvalue weighted by molar-refractivity contribution is 0.0925. The Bertz CT molecular complexity index is 1170. The lowest BCUT2D eigenvalue weighted by Gasteiger charge is -2.18. The van der Waals surface area contributed by atoms with Crippen molar-refractivity contribution in [2.75, 3.05) is 6.26 Å². The summed E-state index contributed by atoms with van der Waals surface area (Å²) in [5.74, 6) is 0.0641. The number of hydrogen-bond donors (Lipinski definition) is 1. The van der Waals surface area contributed by atoms with Crippen LogP contribution in [0.5, 0.6) is 0 Å². The zero-order valence-electron chi connectivity index (χ0n) is 16.6. The van der Waals surface area contributed by atoms with Crippen LogP contribution < -0.4 is 5.32 Å². The van der Waals surface area contributed by atoms with E-state index >= 15 is 0 Å². The molecule has 4 aromatic rings. The average Bonchev–Trinajstić information content (AvgIpc) is 3.38. The van der Waals surface area contributed by atoms with E-state index in [2.05, 4.69) is 27.4 Å². The number of fused-ring (bicyclic) bond motifs is 1. The van der Waals surface area contributed by atoms with E-state index < -0.39 is 0 Å². The molecule has 1 aromatic carbocycles. The van der Waals surface area contributed by atoms with E-state index in [1.54, 1.807) is 16.7 Å². The predicted molar refractivity (Wildman–Crippen MR) is 113 cm³/mol. The van der Waals surface area contributed by atoms with Gasteiger partial charge in [-0.05, 0) is 49.1 Å². The van der Waals surface area contributed by atoms with Gasteiger partial charge in [0.1, 0.15) is 11.5 Å². The van der Waals surface area contributed by atoms with E-state index in [1.165, 1.54) is 30.1 Å². The van der Waals surface area contributed by atoms with Crippen LogP contribution in [-0.2, 0) is 0 Å². The van der Waals surface area contributed by atoms with Crippen LogP contribution in [0.25, 0.3) is 11.3 Å². The number of pyridine rings is 1. The minimum atomic E-state index is -0.336. The van der Waals surface area contributed by atoms with Gasteiger partial charge in [0.25, 0.3) is 5.91 Å². The van der Waals surface area contributed by atoms with Crippen molar-refractivity contribution >= 4 is 23.3 Å². The fourth-order valence-electron chi connectivity index (χ4n) is 3.36. The van der Waals surface area contributed by atoms with Crippen molar-refractivity contribution in [1.82, 2.24) is 29.5 Å². The number of amides is 1. The smallest absolute Gasteiger partial charge is 0.270 e. The molecule has 0 aliphatic rings. The topological polar surface area (TPSA) is 77.1 Å². The third-order valence-electron chi connectivity index (χ3n) is 4.76.